The van der Waals surface area contributed by atoms with Crippen molar-refractivity contribution in [3.05, 3.63) is 47.2 Å². The standard InChI is InChI=1S/C22H24N2O7S/c1-12(25)30-10-14-7-8-16(31-14)15-11-32-21-18(20(27)24(21)19(15)22(28)29)23-17(26)9-13-5-3-2-4-6-13/h2-6,14,16,18,21H,7-11H2,1H3,(H,23,26)(H,28,29)/t14?,16?,18-,21-/m1/s1. The average molecular weight is 461 g/mol. The van der Waals surface area contributed by atoms with Crippen molar-refractivity contribution in [1.82, 2.24) is 10.2 Å². The highest BCUT2D eigenvalue weighted by Gasteiger charge is 2.55. The number of hydrogen-bond acceptors (Lipinski definition) is 7. The number of nitrogens with one attached hydrogen (secondary N) is 1. The molecule has 1 aromatic carbocycles. The molecule has 0 bridgehead atoms. The van der Waals surface area contributed by atoms with Gasteiger partial charge in [-0.15, -0.1) is 11.8 Å². The zero-order valence-corrected chi connectivity index (χ0v) is 18.3. The summed E-state index contributed by atoms with van der Waals surface area (Å²) in [5.41, 5.74) is 1.32. The third kappa shape index (κ3) is 4.51. The molecular weight excluding hydrogens is 436 g/mol. The van der Waals surface area contributed by atoms with E-state index in [1.165, 1.54) is 23.6 Å². The lowest BCUT2D eigenvalue weighted by molar-refractivity contribution is -0.151. The fourth-order valence-electron chi connectivity index (χ4n) is 4.19. The Morgan fingerprint density at radius 1 is 1.25 bits per heavy atom. The topological polar surface area (TPSA) is 122 Å². The average Bonchev–Trinajstić information content (AvgIpc) is 3.24. The van der Waals surface area contributed by atoms with E-state index in [0.717, 1.165) is 5.56 Å². The molecule has 3 aliphatic rings. The summed E-state index contributed by atoms with van der Waals surface area (Å²) in [4.78, 5) is 49.5. The van der Waals surface area contributed by atoms with Crippen LogP contribution >= 0.6 is 11.8 Å². The number of amides is 2. The molecule has 2 saturated heterocycles. The van der Waals surface area contributed by atoms with Crippen LogP contribution in [0.5, 0.6) is 0 Å². The Hall–Kier alpha value is -2.85. The zero-order chi connectivity index (χ0) is 22.8. The van der Waals surface area contributed by atoms with Crippen molar-refractivity contribution >= 4 is 35.5 Å². The predicted octanol–water partition coefficient (Wildman–Crippen LogP) is 1.08. The van der Waals surface area contributed by atoms with Gasteiger partial charge in [-0.05, 0) is 24.0 Å². The highest BCUT2D eigenvalue weighted by atomic mass is 32.2. The largest absolute Gasteiger partial charge is 0.477 e. The summed E-state index contributed by atoms with van der Waals surface area (Å²) in [6.45, 7) is 1.44. The van der Waals surface area contributed by atoms with E-state index in [-0.39, 0.29) is 30.7 Å². The lowest BCUT2D eigenvalue weighted by atomic mass is 9.99. The Kier molecular flexibility index (Phi) is 6.52. The third-order valence-electron chi connectivity index (χ3n) is 5.69. The second-order valence-electron chi connectivity index (χ2n) is 7.92. The molecule has 2 unspecified atom stereocenters. The van der Waals surface area contributed by atoms with Crippen LogP contribution in [0.25, 0.3) is 0 Å². The predicted molar refractivity (Wildman–Crippen MR) is 114 cm³/mol. The molecule has 9 nitrogen and oxygen atoms in total. The Morgan fingerprint density at radius 3 is 2.69 bits per heavy atom. The highest BCUT2D eigenvalue weighted by molar-refractivity contribution is 8.00. The van der Waals surface area contributed by atoms with Crippen LogP contribution in [-0.2, 0) is 35.1 Å². The third-order valence-corrected chi connectivity index (χ3v) is 7.00. The Labute approximate surface area is 189 Å². The van der Waals surface area contributed by atoms with Gasteiger partial charge in [0, 0.05) is 12.7 Å². The van der Waals surface area contributed by atoms with Crippen LogP contribution in [0.4, 0.5) is 0 Å². The van der Waals surface area contributed by atoms with Crippen LogP contribution in [0.1, 0.15) is 25.3 Å². The molecule has 3 heterocycles. The molecular formula is C22H24N2O7S. The maximum absolute atomic E-state index is 12.8. The van der Waals surface area contributed by atoms with Crippen LogP contribution in [0, 0.1) is 0 Å². The number of fused-ring (bicyclic) bond motifs is 1. The van der Waals surface area contributed by atoms with Gasteiger partial charge in [0.2, 0.25) is 5.91 Å². The van der Waals surface area contributed by atoms with E-state index in [1.54, 1.807) is 0 Å². The molecule has 4 rings (SSSR count). The number of esters is 1. The number of hydrogen-bond donors (Lipinski definition) is 2. The first-order chi connectivity index (χ1) is 15.3. The Bertz CT molecular complexity index is 964. The second-order valence-corrected chi connectivity index (χ2v) is 9.03. The maximum Gasteiger partial charge on any atom is 0.352 e. The van der Waals surface area contributed by atoms with Gasteiger partial charge < -0.3 is 19.9 Å². The summed E-state index contributed by atoms with van der Waals surface area (Å²) in [5, 5.41) is 12.1. The number of nitrogens with zero attached hydrogens (tertiary/aromatic N) is 1. The number of carboxylic acids is 1. The lowest BCUT2D eigenvalue weighted by Gasteiger charge is -2.50. The van der Waals surface area contributed by atoms with Crippen molar-refractivity contribution in [3.63, 3.8) is 0 Å². The molecule has 0 radical (unpaired) electrons. The molecule has 0 saturated carbocycles. The number of ether oxygens (including phenoxy) is 2. The van der Waals surface area contributed by atoms with Gasteiger partial charge in [-0.25, -0.2) is 4.79 Å². The second kappa shape index (κ2) is 9.33. The van der Waals surface area contributed by atoms with Crippen LogP contribution in [0.3, 0.4) is 0 Å². The number of benzene rings is 1. The van der Waals surface area contributed by atoms with Gasteiger partial charge in [0.25, 0.3) is 5.91 Å². The van der Waals surface area contributed by atoms with Gasteiger partial charge in [-0.1, -0.05) is 30.3 Å². The molecule has 2 N–H and O–H groups in total. The molecule has 10 heteroatoms. The highest BCUT2D eigenvalue weighted by Crippen LogP contribution is 2.43. The van der Waals surface area contributed by atoms with E-state index in [1.807, 2.05) is 30.3 Å². The van der Waals surface area contributed by atoms with E-state index >= 15 is 0 Å². The van der Waals surface area contributed by atoms with Crippen molar-refractivity contribution in [2.75, 3.05) is 12.4 Å². The van der Waals surface area contributed by atoms with Crippen molar-refractivity contribution in [2.24, 2.45) is 0 Å². The molecule has 4 atom stereocenters. The molecule has 32 heavy (non-hydrogen) atoms. The van der Waals surface area contributed by atoms with E-state index in [0.29, 0.717) is 24.2 Å². The van der Waals surface area contributed by atoms with Crippen LogP contribution in [0.2, 0.25) is 0 Å². The first kappa shape index (κ1) is 22.3. The number of β-lactam (4-membered cyclic amide) rings is 1. The molecule has 0 aliphatic carbocycles. The van der Waals surface area contributed by atoms with Gasteiger partial charge in [-0.2, -0.15) is 0 Å². The fourth-order valence-corrected chi connectivity index (χ4v) is 5.60. The summed E-state index contributed by atoms with van der Waals surface area (Å²) >= 11 is 1.41. The summed E-state index contributed by atoms with van der Waals surface area (Å²) < 4.78 is 10.9. The summed E-state index contributed by atoms with van der Waals surface area (Å²) in [7, 11) is 0. The molecule has 3 aliphatic heterocycles. The van der Waals surface area contributed by atoms with E-state index in [2.05, 4.69) is 5.32 Å². The van der Waals surface area contributed by atoms with Crippen LogP contribution in [-0.4, -0.2) is 69.7 Å². The number of carbonyl (C=O) groups is 4. The first-order valence-corrected chi connectivity index (χ1v) is 11.4. The minimum absolute atomic E-state index is 0.0644. The van der Waals surface area contributed by atoms with Crippen molar-refractivity contribution in [1.29, 1.82) is 0 Å². The molecule has 2 fully saturated rings. The van der Waals surface area contributed by atoms with Crippen LogP contribution < -0.4 is 5.32 Å². The molecule has 170 valence electrons. The van der Waals surface area contributed by atoms with E-state index in [9.17, 15) is 24.3 Å². The van der Waals surface area contributed by atoms with Gasteiger partial charge in [-0.3, -0.25) is 19.3 Å². The summed E-state index contributed by atoms with van der Waals surface area (Å²) in [6.07, 6.45) is 0.618. The smallest absolute Gasteiger partial charge is 0.352 e. The number of carboxylic acid groups (broad SMARTS) is 1. The molecule has 1 aromatic rings. The van der Waals surface area contributed by atoms with E-state index < -0.39 is 35.4 Å². The summed E-state index contributed by atoms with van der Waals surface area (Å²) in [5.74, 6) is -1.93. The zero-order valence-electron chi connectivity index (χ0n) is 17.5. The lowest BCUT2D eigenvalue weighted by Crippen LogP contribution is -2.70. The normalized spacial score (nSPS) is 26.9. The summed E-state index contributed by atoms with van der Waals surface area (Å²) in [6, 6.07) is 8.44. The number of aliphatic carboxylic acids is 1. The molecule has 0 spiro atoms. The maximum atomic E-state index is 12.8. The van der Waals surface area contributed by atoms with Gasteiger partial charge in [0.05, 0.1) is 18.6 Å². The number of thioether (sulfide) groups is 1. The van der Waals surface area contributed by atoms with Crippen molar-refractivity contribution < 1.29 is 33.8 Å². The fraction of sp³-hybridized carbons (Fsp3) is 0.455. The minimum Gasteiger partial charge on any atom is -0.477 e. The first-order valence-electron chi connectivity index (χ1n) is 10.4. The quantitative estimate of drug-likeness (QED) is 0.458. The van der Waals surface area contributed by atoms with Gasteiger partial charge in [0.1, 0.15) is 23.7 Å². The Morgan fingerprint density at radius 2 is 2.00 bits per heavy atom. The Balaban J connectivity index is 1.43. The molecule has 2 amide bonds. The minimum atomic E-state index is -1.19. The van der Waals surface area contributed by atoms with Gasteiger partial charge in [0.15, 0.2) is 0 Å². The monoisotopic (exact) mass is 460 g/mol. The van der Waals surface area contributed by atoms with Crippen molar-refractivity contribution in [3.8, 4) is 0 Å². The van der Waals surface area contributed by atoms with Crippen LogP contribution in [0.15, 0.2) is 41.6 Å². The molecule has 0 aromatic heterocycles. The van der Waals surface area contributed by atoms with Gasteiger partial charge >= 0.3 is 11.9 Å². The van der Waals surface area contributed by atoms with E-state index in [4.69, 9.17) is 9.47 Å². The number of rotatable bonds is 7. The van der Waals surface area contributed by atoms with Crippen molar-refractivity contribution in [2.45, 2.75) is 49.8 Å². The number of carbonyl (C=O) groups excluding carboxylic acids is 3. The SMILES string of the molecule is CC(=O)OCC1CCC(C2=C(C(=O)O)N3C(=O)[C@@H](NC(=O)Cc4ccccc4)[C@H]3SC2)O1.